The highest BCUT2D eigenvalue weighted by Crippen LogP contribution is 2.15. The van der Waals surface area contributed by atoms with Crippen LogP contribution in [0.1, 0.15) is 36.0 Å². The second-order valence-electron chi connectivity index (χ2n) is 5.78. The molecular formula is C16H24N2O3S. The molecule has 5 nitrogen and oxygen atoms in total. The Morgan fingerprint density at radius 1 is 1.18 bits per heavy atom. The smallest absolute Gasteiger partial charge is 0.252 e. The first-order valence-corrected chi connectivity index (χ1v) is 9.67. The summed E-state index contributed by atoms with van der Waals surface area (Å²) in [4.78, 5) is 14.7. The van der Waals surface area contributed by atoms with Crippen molar-refractivity contribution in [2.75, 3.05) is 32.4 Å². The van der Waals surface area contributed by atoms with E-state index in [9.17, 15) is 13.2 Å². The van der Waals surface area contributed by atoms with Crippen molar-refractivity contribution in [3.8, 4) is 0 Å². The molecule has 0 radical (unpaired) electrons. The summed E-state index contributed by atoms with van der Waals surface area (Å²) < 4.78 is 23.4. The van der Waals surface area contributed by atoms with Crippen LogP contribution in [0.4, 0.5) is 0 Å². The summed E-state index contributed by atoms with van der Waals surface area (Å²) in [5, 5.41) is 2.82. The van der Waals surface area contributed by atoms with Gasteiger partial charge in [0.2, 0.25) is 0 Å². The summed E-state index contributed by atoms with van der Waals surface area (Å²) >= 11 is 0. The van der Waals surface area contributed by atoms with Crippen LogP contribution in [0.3, 0.4) is 0 Å². The van der Waals surface area contributed by atoms with E-state index in [0.29, 0.717) is 6.54 Å². The van der Waals surface area contributed by atoms with E-state index in [4.69, 9.17) is 0 Å². The molecular weight excluding hydrogens is 300 g/mol. The van der Waals surface area contributed by atoms with Gasteiger partial charge in [0.1, 0.15) is 0 Å². The minimum absolute atomic E-state index is 0.0866. The average molecular weight is 324 g/mol. The highest BCUT2D eigenvalue weighted by Gasteiger charge is 2.17. The predicted octanol–water partition coefficient (Wildman–Crippen LogP) is 1.70. The number of hydrogen-bond acceptors (Lipinski definition) is 4. The predicted molar refractivity (Wildman–Crippen MR) is 86.8 cm³/mol. The molecule has 0 aromatic heterocycles. The molecule has 1 fully saturated rings. The number of likely N-dealkylation sites (tertiary alicyclic amines) is 1. The molecule has 1 heterocycles. The van der Waals surface area contributed by atoms with Crippen LogP contribution in [0.15, 0.2) is 29.2 Å². The molecule has 1 amide bonds. The number of amides is 1. The Kier molecular flexibility index (Phi) is 5.97. The maximum absolute atomic E-state index is 12.2. The Morgan fingerprint density at radius 3 is 2.55 bits per heavy atom. The number of nitrogens with one attached hydrogen (secondary N) is 1. The van der Waals surface area contributed by atoms with E-state index < -0.39 is 9.84 Å². The Labute approximate surface area is 132 Å². The number of hydrogen-bond donors (Lipinski definition) is 1. The lowest BCUT2D eigenvalue weighted by Crippen LogP contribution is -2.33. The molecule has 1 N–H and O–H groups in total. The molecule has 6 heteroatoms. The van der Waals surface area contributed by atoms with E-state index in [1.165, 1.54) is 25.3 Å². The van der Waals surface area contributed by atoms with Gasteiger partial charge in [0.05, 0.1) is 10.5 Å². The number of rotatable bonds is 6. The van der Waals surface area contributed by atoms with E-state index in [1.54, 1.807) is 18.2 Å². The number of carbonyl (C=O) groups excluding carboxylic acids is 1. The molecule has 0 spiro atoms. The van der Waals surface area contributed by atoms with Crippen LogP contribution in [0.25, 0.3) is 0 Å². The number of benzene rings is 1. The molecule has 0 bridgehead atoms. The van der Waals surface area contributed by atoms with Crippen molar-refractivity contribution in [3.05, 3.63) is 29.8 Å². The van der Waals surface area contributed by atoms with Crippen LogP contribution in [0.2, 0.25) is 0 Å². The summed E-state index contributed by atoms with van der Waals surface area (Å²) in [6, 6.07) is 6.33. The largest absolute Gasteiger partial charge is 0.352 e. The normalized spacial score (nSPS) is 16.4. The van der Waals surface area contributed by atoms with Crippen LogP contribution >= 0.6 is 0 Å². The molecule has 2 rings (SSSR count). The van der Waals surface area contributed by atoms with Gasteiger partial charge in [0.25, 0.3) is 5.91 Å². The van der Waals surface area contributed by atoms with E-state index >= 15 is 0 Å². The Balaban J connectivity index is 1.85. The van der Waals surface area contributed by atoms with Crippen molar-refractivity contribution in [1.82, 2.24) is 10.2 Å². The second-order valence-corrected chi connectivity index (χ2v) is 7.76. The summed E-state index contributed by atoms with van der Waals surface area (Å²) in [6.45, 7) is 3.83. The lowest BCUT2D eigenvalue weighted by atomic mass is 10.1. The molecule has 1 aliphatic rings. The maximum Gasteiger partial charge on any atom is 0.252 e. The van der Waals surface area contributed by atoms with E-state index in [1.807, 2.05) is 0 Å². The third kappa shape index (κ3) is 4.81. The molecule has 0 saturated carbocycles. The molecule has 122 valence electrons. The first kappa shape index (κ1) is 17.0. The van der Waals surface area contributed by atoms with Gasteiger partial charge in [-0.25, -0.2) is 8.42 Å². The fourth-order valence-corrected chi connectivity index (χ4v) is 3.65. The van der Waals surface area contributed by atoms with Crippen LogP contribution in [0.5, 0.6) is 0 Å². The number of carbonyl (C=O) groups is 1. The second kappa shape index (κ2) is 7.74. The van der Waals surface area contributed by atoms with Crippen molar-refractivity contribution in [1.29, 1.82) is 0 Å². The van der Waals surface area contributed by atoms with E-state index in [-0.39, 0.29) is 16.4 Å². The van der Waals surface area contributed by atoms with Gasteiger partial charge in [-0.1, -0.05) is 18.6 Å². The zero-order valence-electron chi connectivity index (χ0n) is 13.0. The van der Waals surface area contributed by atoms with Gasteiger partial charge in [-0.3, -0.25) is 4.79 Å². The standard InChI is InChI=1S/C16H24N2O3S/c1-22(20,21)15-9-4-3-8-14(15)16(19)17-10-7-13-18-11-5-2-6-12-18/h3-4,8-9H,2,5-7,10-13H2,1H3,(H,17,19). The third-order valence-corrected chi connectivity index (χ3v) is 5.07. The van der Waals surface area contributed by atoms with E-state index in [2.05, 4.69) is 10.2 Å². The van der Waals surface area contributed by atoms with Gasteiger partial charge in [0.15, 0.2) is 9.84 Å². The Bertz CT molecular complexity index is 608. The van der Waals surface area contributed by atoms with Crippen molar-refractivity contribution < 1.29 is 13.2 Å². The van der Waals surface area contributed by atoms with Gasteiger partial charge < -0.3 is 10.2 Å². The Hall–Kier alpha value is -1.40. The minimum atomic E-state index is -3.40. The summed E-state index contributed by atoms with van der Waals surface area (Å²) in [7, 11) is -3.40. The van der Waals surface area contributed by atoms with Crippen LogP contribution in [-0.2, 0) is 9.84 Å². The van der Waals surface area contributed by atoms with Crippen molar-refractivity contribution in [2.24, 2.45) is 0 Å². The molecule has 0 atom stereocenters. The van der Waals surface area contributed by atoms with Crippen molar-refractivity contribution >= 4 is 15.7 Å². The van der Waals surface area contributed by atoms with Crippen molar-refractivity contribution in [2.45, 2.75) is 30.6 Å². The Morgan fingerprint density at radius 2 is 1.86 bits per heavy atom. The maximum atomic E-state index is 12.2. The quantitative estimate of drug-likeness (QED) is 0.809. The molecule has 1 aliphatic heterocycles. The zero-order valence-corrected chi connectivity index (χ0v) is 13.9. The zero-order chi connectivity index (χ0) is 16.0. The first-order valence-electron chi connectivity index (χ1n) is 7.78. The van der Waals surface area contributed by atoms with Gasteiger partial charge >= 0.3 is 0 Å². The number of sulfone groups is 1. The van der Waals surface area contributed by atoms with Crippen molar-refractivity contribution in [3.63, 3.8) is 0 Å². The van der Waals surface area contributed by atoms with Crippen LogP contribution in [0, 0.1) is 0 Å². The molecule has 0 unspecified atom stereocenters. The monoisotopic (exact) mass is 324 g/mol. The lowest BCUT2D eigenvalue weighted by Gasteiger charge is -2.26. The van der Waals surface area contributed by atoms with Gasteiger partial charge in [-0.2, -0.15) is 0 Å². The van der Waals surface area contributed by atoms with Gasteiger partial charge in [-0.15, -0.1) is 0 Å². The molecule has 1 aromatic carbocycles. The molecule has 0 aliphatic carbocycles. The molecule has 1 aromatic rings. The number of nitrogens with zero attached hydrogens (tertiary/aromatic N) is 1. The number of piperidine rings is 1. The third-order valence-electron chi connectivity index (χ3n) is 3.92. The molecule has 22 heavy (non-hydrogen) atoms. The SMILES string of the molecule is CS(=O)(=O)c1ccccc1C(=O)NCCCN1CCCCC1. The summed E-state index contributed by atoms with van der Waals surface area (Å²) in [5.41, 5.74) is 0.225. The average Bonchev–Trinajstić information content (AvgIpc) is 2.51. The molecule has 1 saturated heterocycles. The lowest BCUT2D eigenvalue weighted by molar-refractivity contribution is 0.0948. The fourth-order valence-electron chi connectivity index (χ4n) is 2.76. The highest BCUT2D eigenvalue weighted by molar-refractivity contribution is 7.90. The highest BCUT2D eigenvalue weighted by atomic mass is 32.2. The minimum Gasteiger partial charge on any atom is -0.352 e. The van der Waals surface area contributed by atoms with Gasteiger partial charge in [0, 0.05) is 12.8 Å². The van der Waals surface area contributed by atoms with Gasteiger partial charge in [-0.05, 0) is 51.0 Å². The fraction of sp³-hybridized carbons (Fsp3) is 0.562. The summed E-state index contributed by atoms with van der Waals surface area (Å²) in [6.07, 6.45) is 5.83. The topological polar surface area (TPSA) is 66.5 Å². The van der Waals surface area contributed by atoms with E-state index in [0.717, 1.165) is 32.3 Å². The van der Waals surface area contributed by atoms with Crippen LogP contribution < -0.4 is 5.32 Å². The van der Waals surface area contributed by atoms with Crippen LogP contribution in [-0.4, -0.2) is 51.7 Å². The summed E-state index contributed by atoms with van der Waals surface area (Å²) in [5.74, 6) is -0.320. The first-order chi connectivity index (χ1) is 10.5.